The van der Waals surface area contributed by atoms with Crippen molar-refractivity contribution in [3.63, 3.8) is 0 Å². The molecule has 1 aliphatic carbocycles. The topological polar surface area (TPSA) is 41.1 Å². The van der Waals surface area contributed by atoms with Gasteiger partial charge in [-0.1, -0.05) is 13.8 Å². The van der Waals surface area contributed by atoms with Crippen LogP contribution in [0.5, 0.6) is 0 Å². The van der Waals surface area contributed by atoms with E-state index in [9.17, 15) is 0 Å². The molecule has 0 spiro atoms. The van der Waals surface area contributed by atoms with E-state index in [-0.39, 0.29) is 0 Å². The highest BCUT2D eigenvalue weighted by atomic mass is 15.2. The number of rotatable bonds is 5. The van der Waals surface area contributed by atoms with E-state index >= 15 is 0 Å². The highest BCUT2D eigenvalue weighted by molar-refractivity contribution is 5.32. The van der Waals surface area contributed by atoms with Crippen LogP contribution in [0.2, 0.25) is 0 Å². The summed E-state index contributed by atoms with van der Waals surface area (Å²) in [6.07, 6.45) is 5.47. The fourth-order valence-electron chi connectivity index (χ4n) is 2.54. The molecule has 0 fully saturated rings. The summed E-state index contributed by atoms with van der Waals surface area (Å²) in [5.74, 6) is 2.29. The van der Waals surface area contributed by atoms with Gasteiger partial charge in [0.15, 0.2) is 0 Å². The number of aryl methyl sites for hydroxylation is 1. The molecule has 19 heavy (non-hydrogen) atoms. The average molecular weight is 262 g/mol. The summed E-state index contributed by atoms with van der Waals surface area (Å²) < 4.78 is 0. The van der Waals surface area contributed by atoms with Crippen molar-refractivity contribution < 1.29 is 0 Å². The molecule has 1 N–H and O–H groups in total. The van der Waals surface area contributed by atoms with Crippen LogP contribution in [0, 0.1) is 11.8 Å². The summed E-state index contributed by atoms with van der Waals surface area (Å²) in [5.41, 5.74) is 2.59. The zero-order valence-electron chi connectivity index (χ0n) is 12.6. The average Bonchev–Trinajstić information content (AvgIpc) is 2.37. The normalized spacial score (nSPS) is 18.5. The first-order valence-electron chi connectivity index (χ1n) is 7.29. The van der Waals surface area contributed by atoms with Gasteiger partial charge in [-0.2, -0.15) is 0 Å². The van der Waals surface area contributed by atoms with Crippen molar-refractivity contribution in [1.29, 1.82) is 0 Å². The molecule has 1 unspecified atom stereocenters. The molecule has 2 rings (SSSR count). The molecule has 4 nitrogen and oxygen atoms in total. The maximum atomic E-state index is 4.65. The first kappa shape index (κ1) is 14.3. The third-order valence-corrected chi connectivity index (χ3v) is 3.63. The maximum Gasteiger partial charge on any atom is 0.224 e. The van der Waals surface area contributed by atoms with Gasteiger partial charge >= 0.3 is 0 Å². The molecule has 0 bridgehead atoms. The Labute approximate surface area is 116 Å². The van der Waals surface area contributed by atoms with E-state index in [1.807, 2.05) is 25.2 Å². The lowest BCUT2D eigenvalue weighted by molar-refractivity contribution is 0.405. The maximum absolute atomic E-state index is 4.65. The first-order chi connectivity index (χ1) is 9.06. The number of hydrogen-bond donors (Lipinski definition) is 1. The summed E-state index contributed by atoms with van der Waals surface area (Å²) in [7, 11) is 3.98. The van der Waals surface area contributed by atoms with Crippen molar-refractivity contribution in [1.82, 2.24) is 15.3 Å². The molecule has 1 aromatic heterocycles. The van der Waals surface area contributed by atoms with Gasteiger partial charge in [-0.25, -0.2) is 9.97 Å². The second kappa shape index (κ2) is 6.33. The molecule has 0 radical (unpaired) electrons. The van der Waals surface area contributed by atoms with E-state index in [1.165, 1.54) is 17.7 Å². The Morgan fingerprint density at radius 3 is 2.89 bits per heavy atom. The smallest absolute Gasteiger partial charge is 0.224 e. The van der Waals surface area contributed by atoms with Crippen LogP contribution in [0.4, 0.5) is 5.95 Å². The van der Waals surface area contributed by atoms with Gasteiger partial charge in [-0.05, 0) is 49.8 Å². The van der Waals surface area contributed by atoms with Gasteiger partial charge in [0.1, 0.15) is 0 Å². The van der Waals surface area contributed by atoms with E-state index in [4.69, 9.17) is 0 Å². The fraction of sp³-hybridized carbons (Fsp3) is 0.733. The third kappa shape index (κ3) is 3.90. The Morgan fingerprint density at radius 1 is 1.42 bits per heavy atom. The predicted molar refractivity (Wildman–Crippen MR) is 79.6 cm³/mol. The van der Waals surface area contributed by atoms with Crippen molar-refractivity contribution in [2.24, 2.45) is 11.8 Å². The van der Waals surface area contributed by atoms with Crippen molar-refractivity contribution in [3.8, 4) is 0 Å². The van der Waals surface area contributed by atoms with Gasteiger partial charge in [-0.3, -0.25) is 0 Å². The lowest BCUT2D eigenvalue weighted by Crippen LogP contribution is -2.30. The molecule has 1 atom stereocenters. The van der Waals surface area contributed by atoms with E-state index in [0.29, 0.717) is 0 Å². The Balaban J connectivity index is 1.93. The highest BCUT2D eigenvalue weighted by Gasteiger charge is 2.20. The standard InChI is InChI=1S/C15H26N4/c1-11(2)8-16-9-12-5-6-14-13(7-12)10-17-15(18-14)19(3)4/h10-12,16H,5-9H2,1-4H3. The molecule has 106 valence electrons. The van der Waals surface area contributed by atoms with E-state index in [0.717, 1.165) is 43.7 Å². The number of aromatic nitrogens is 2. The lowest BCUT2D eigenvalue weighted by atomic mass is 9.87. The molecule has 1 aliphatic rings. The Hall–Kier alpha value is -1.16. The molecule has 0 aromatic carbocycles. The third-order valence-electron chi connectivity index (χ3n) is 3.63. The van der Waals surface area contributed by atoms with Crippen molar-refractivity contribution in [2.75, 3.05) is 32.1 Å². The van der Waals surface area contributed by atoms with Crippen molar-refractivity contribution >= 4 is 5.95 Å². The van der Waals surface area contributed by atoms with E-state index < -0.39 is 0 Å². The van der Waals surface area contributed by atoms with Gasteiger partial charge < -0.3 is 10.2 Å². The number of hydrogen-bond acceptors (Lipinski definition) is 4. The second-order valence-corrected chi connectivity index (χ2v) is 6.20. The van der Waals surface area contributed by atoms with Crippen molar-refractivity contribution in [2.45, 2.75) is 33.1 Å². The minimum atomic E-state index is 0.724. The molecule has 1 heterocycles. The zero-order valence-corrected chi connectivity index (χ0v) is 12.6. The van der Waals surface area contributed by atoms with Crippen LogP contribution < -0.4 is 10.2 Å². The summed E-state index contributed by atoms with van der Waals surface area (Å²) in [6.45, 7) is 6.73. The monoisotopic (exact) mass is 262 g/mol. The van der Waals surface area contributed by atoms with Gasteiger partial charge in [0.25, 0.3) is 0 Å². The van der Waals surface area contributed by atoms with E-state index in [2.05, 4.69) is 29.1 Å². The Kier molecular flexibility index (Phi) is 4.75. The predicted octanol–water partition coefficient (Wildman–Crippen LogP) is 1.89. The minimum absolute atomic E-state index is 0.724. The van der Waals surface area contributed by atoms with Gasteiger partial charge in [-0.15, -0.1) is 0 Å². The quantitative estimate of drug-likeness (QED) is 0.880. The molecule has 0 aliphatic heterocycles. The van der Waals surface area contributed by atoms with Crippen LogP contribution in [0.3, 0.4) is 0 Å². The Bertz CT molecular complexity index is 415. The number of nitrogens with zero attached hydrogens (tertiary/aromatic N) is 3. The van der Waals surface area contributed by atoms with Gasteiger partial charge in [0.05, 0.1) is 0 Å². The minimum Gasteiger partial charge on any atom is -0.347 e. The molecule has 1 aromatic rings. The van der Waals surface area contributed by atoms with Crippen molar-refractivity contribution in [3.05, 3.63) is 17.5 Å². The molecule has 4 heteroatoms. The summed E-state index contributed by atoms with van der Waals surface area (Å²) in [6, 6.07) is 0. The van der Waals surface area contributed by atoms with Crippen LogP contribution in [0.1, 0.15) is 31.5 Å². The number of anilines is 1. The van der Waals surface area contributed by atoms with Crippen LogP contribution in [-0.4, -0.2) is 37.2 Å². The SMILES string of the molecule is CC(C)CNCC1CCc2nc(N(C)C)ncc2C1. The molecular formula is C15H26N4. The highest BCUT2D eigenvalue weighted by Crippen LogP contribution is 2.24. The molecule has 0 saturated heterocycles. The summed E-state index contributed by atoms with van der Waals surface area (Å²) in [4.78, 5) is 11.0. The van der Waals surface area contributed by atoms with E-state index in [1.54, 1.807) is 0 Å². The van der Waals surface area contributed by atoms with Gasteiger partial charge in [0.2, 0.25) is 5.95 Å². The first-order valence-corrected chi connectivity index (χ1v) is 7.29. The summed E-state index contributed by atoms with van der Waals surface area (Å²) >= 11 is 0. The Morgan fingerprint density at radius 2 is 2.21 bits per heavy atom. The van der Waals surface area contributed by atoms with Crippen LogP contribution >= 0.6 is 0 Å². The zero-order chi connectivity index (χ0) is 13.8. The summed E-state index contributed by atoms with van der Waals surface area (Å²) in [5, 5.41) is 3.57. The fourth-order valence-corrected chi connectivity index (χ4v) is 2.54. The van der Waals surface area contributed by atoms with Gasteiger partial charge in [0, 0.05) is 26.0 Å². The van der Waals surface area contributed by atoms with Crippen LogP contribution in [-0.2, 0) is 12.8 Å². The molecule has 0 amide bonds. The lowest BCUT2D eigenvalue weighted by Gasteiger charge is -2.25. The molecular weight excluding hydrogens is 236 g/mol. The number of nitrogens with one attached hydrogen (secondary N) is 1. The number of fused-ring (bicyclic) bond motifs is 1. The second-order valence-electron chi connectivity index (χ2n) is 6.20. The largest absolute Gasteiger partial charge is 0.347 e. The van der Waals surface area contributed by atoms with Crippen LogP contribution in [0.15, 0.2) is 6.20 Å². The van der Waals surface area contributed by atoms with Crippen LogP contribution in [0.25, 0.3) is 0 Å². The molecule has 0 saturated carbocycles.